The van der Waals surface area contributed by atoms with E-state index in [0.717, 1.165) is 6.07 Å². The third kappa shape index (κ3) is 3.36. The molecule has 0 aliphatic carbocycles. The summed E-state index contributed by atoms with van der Waals surface area (Å²) >= 11 is 5.79. The zero-order chi connectivity index (χ0) is 22.6. The van der Waals surface area contributed by atoms with Crippen molar-refractivity contribution in [3.05, 3.63) is 70.0 Å². The number of likely N-dealkylation sites (tertiary alicyclic amines) is 1. The van der Waals surface area contributed by atoms with Crippen LogP contribution in [-0.2, 0) is 9.53 Å². The fourth-order valence-corrected chi connectivity index (χ4v) is 5.22. The van der Waals surface area contributed by atoms with Crippen LogP contribution in [0.5, 0.6) is 0 Å². The van der Waals surface area contributed by atoms with Crippen molar-refractivity contribution in [3.8, 4) is 0 Å². The van der Waals surface area contributed by atoms with Gasteiger partial charge in [0.2, 0.25) is 0 Å². The lowest BCUT2D eigenvalue weighted by Crippen LogP contribution is -2.51. The van der Waals surface area contributed by atoms with Gasteiger partial charge >= 0.3 is 0 Å². The van der Waals surface area contributed by atoms with Crippen LogP contribution in [0.2, 0.25) is 5.02 Å². The number of hydrogen-bond donors (Lipinski definition) is 0. The van der Waals surface area contributed by atoms with E-state index in [9.17, 15) is 22.8 Å². The van der Waals surface area contributed by atoms with E-state index in [1.54, 1.807) is 4.90 Å². The lowest BCUT2D eigenvalue weighted by Gasteiger charge is -2.37. The van der Waals surface area contributed by atoms with Gasteiger partial charge in [-0.2, -0.15) is 0 Å². The Hall–Kier alpha value is -2.58. The summed E-state index contributed by atoms with van der Waals surface area (Å²) in [5, 5.41) is -0.126. The monoisotopic (exact) mass is 464 g/mol. The molecule has 0 unspecified atom stereocenters. The number of piperidine rings is 1. The average Bonchev–Trinajstić information content (AvgIpc) is 3.28. The minimum Gasteiger partial charge on any atom is -0.342 e. The van der Waals surface area contributed by atoms with Crippen molar-refractivity contribution in [2.45, 2.75) is 43.6 Å². The number of nitrogens with zero attached hydrogens (tertiary/aromatic N) is 2. The molecule has 5 rings (SSSR count). The normalized spacial score (nSPS) is 24.3. The van der Waals surface area contributed by atoms with Gasteiger partial charge < -0.3 is 14.5 Å². The van der Waals surface area contributed by atoms with Crippen LogP contribution in [0.3, 0.4) is 0 Å². The second-order valence-electron chi connectivity index (χ2n) is 8.47. The molecule has 3 aliphatic rings. The van der Waals surface area contributed by atoms with Gasteiger partial charge in [-0.25, -0.2) is 13.2 Å². The summed E-state index contributed by atoms with van der Waals surface area (Å²) in [6, 6.07) is 7.09. The Morgan fingerprint density at radius 3 is 2.44 bits per heavy atom. The summed E-state index contributed by atoms with van der Waals surface area (Å²) in [4.78, 5) is 29.2. The topological polar surface area (TPSA) is 49.9 Å². The van der Waals surface area contributed by atoms with Gasteiger partial charge in [0.1, 0.15) is 17.9 Å². The number of ether oxygens (including phenoxy) is 1. The van der Waals surface area contributed by atoms with Crippen LogP contribution in [0, 0.1) is 17.5 Å². The van der Waals surface area contributed by atoms with E-state index in [1.807, 2.05) is 0 Å². The lowest BCUT2D eigenvalue weighted by atomic mass is 9.89. The van der Waals surface area contributed by atoms with E-state index < -0.39 is 41.2 Å². The zero-order valence-electron chi connectivity index (χ0n) is 17.0. The summed E-state index contributed by atoms with van der Waals surface area (Å²) in [6.45, 7) is 0.437. The highest BCUT2D eigenvalue weighted by atomic mass is 35.5. The number of fused-ring (bicyclic) bond motifs is 1. The highest BCUT2D eigenvalue weighted by Crippen LogP contribution is 2.47. The van der Waals surface area contributed by atoms with Crippen LogP contribution in [0.4, 0.5) is 13.2 Å². The van der Waals surface area contributed by atoms with Gasteiger partial charge in [-0.05, 0) is 42.7 Å². The highest BCUT2D eigenvalue weighted by Gasteiger charge is 2.58. The maximum atomic E-state index is 14.3. The predicted octanol–water partition coefficient (Wildman–Crippen LogP) is 4.45. The zero-order valence-corrected chi connectivity index (χ0v) is 17.7. The first-order valence-electron chi connectivity index (χ1n) is 10.5. The SMILES string of the molecule is O=C(c1cccc(Cl)c1F)N1CCC2(CC1)O[C@@H]1CC[C@@H](c3cc(F)cc(F)c3)N1C2=O. The van der Waals surface area contributed by atoms with E-state index in [-0.39, 0.29) is 42.4 Å². The molecule has 2 amide bonds. The van der Waals surface area contributed by atoms with Gasteiger partial charge in [0.25, 0.3) is 11.8 Å². The largest absolute Gasteiger partial charge is 0.342 e. The van der Waals surface area contributed by atoms with Crippen LogP contribution in [0.1, 0.15) is 47.6 Å². The molecule has 5 nitrogen and oxygen atoms in total. The molecule has 0 saturated carbocycles. The van der Waals surface area contributed by atoms with Crippen molar-refractivity contribution in [2.75, 3.05) is 13.1 Å². The number of amides is 2. The molecule has 3 saturated heterocycles. The number of carbonyl (C=O) groups is 2. The first-order chi connectivity index (χ1) is 15.3. The number of hydrogen-bond acceptors (Lipinski definition) is 3. The molecule has 2 atom stereocenters. The van der Waals surface area contributed by atoms with Crippen LogP contribution in [-0.4, -0.2) is 46.5 Å². The molecule has 9 heteroatoms. The van der Waals surface area contributed by atoms with E-state index in [2.05, 4.69) is 0 Å². The van der Waals surface area contributed by atoms with Gasteiger partial charge in [-0.1, -0.05) is 17.7 Å². The smallest absolute Gasteiger partial charge is 0.257 e. The van der Waals surface area contributed by atoms with Crippen molar-refractivity contribution in [1.29, 1.82) is 0 Å². The van der Waals surface area contributed by atoms with Crippen molar-refractivity contribution in [2.24, 2.45) is 0 Å². The molecular weight excluding hydrogens is 445 g/mol. The minimum atomic E-state index is -1.08. The van der Waals surface area contributed by atoms with E-state index in [0.29, 0.717) is 18.4 Å². The van der Waals surface area contributed by atoms with Gasteiger partial charge in [0, 0.05) is 32.0 Å². The molecule has 3 fully saturated rings. The Balaban J connectivity index is 1.32. The van der Waals surface area contributed by atoms with Gasteiger partial charge in [0.05, 0.1) is 16.6 Å². The standard InChI is InChI=1S/C23H20ClF3N2O3/c24-17-3-1-2-16(20(17)27)21(30)28-8-6-23(7-9-28)22(31)29-18(4-5-19(29)32-23)13-10-14(25)12-15(26)11-13/h1-3,10-12,18-19H,4-9H2/t18-,19+/m0/s1. The highest BCUT2D eigenvalue weighted by molar-refractivity contribution is 6.31. The first-order valence-corrected chi connectivity index (χ1v) is 10.9. The van der Waals surface area contributed by atoms with Gasteiger partial charge in [0.15, 0.2) is 11.4 Å². The van der Waals surface area contributed by atoms with Gasteiger partial charge in [-0.15, -0.1) is 0 Å². The number of carbonyl (C=O) groups excluding carboxylic acids is 2. The second-order valence-corrected chi connectivity index (χ2v) is 8.88. The van der Waals surface area contributed by atoms with Crippen molar-refractivity contribution < 1.29 is 27.5 Å². The number of rotatable bonds is 2. The minimum absolute atomic E-state index is 0.110. The van der Waals surface area contributed by atoms with Crippen LogP contribution in [0.25, 0.3) is 0 Å². The first kappa shape index (κ1) is 21.3. The number of benzene rings is 2. The summed E-state index contributed by atoms with van der Waals surface area (Å²) in [5.74, 6) is -2.86. The molecule has 3 heterocycles. The van der Waals surface area contributed by atoms with Crippen molar-refractivity contribution in [3.63, 3.8) is 0 Å². The van der Waals surface area contributed by atoms with E-state index >= 15 is 0 Å². The fraction of sp³-hybridized carbons (Fsp3) is 0.391. The number of halogens is 4. The molecule has 0 bridgehead atoms. The molecule has 32 heavy (non-hydrogen) atoms. The van der Waals surface area contributed by atoms with Crippen LogP contribution >= 0.6 is 11.6 Å². The Morgan fingerprint density at radius 1 is 1.06 bits per heavy atom. The fourth-order valence-electron chi connectivity index (χ4n) is 5.05. The third-order valence-electron chi connectivity index (χ3n) is 6.63. The summed E-state index contributed by atoms with van der Waals surface area (Å²) in [6.07, 6.45) is 1.17. The molecule has 0 aromatic heterocycles. The quantitative estimate of drug-likeness (QED) is 0.659. The maximum Gasteiger partial charge on any atom is 0.257 e. The maximum absolute atomic E-state index is 14.3. The Labute approximate surface area is 187 Å². The predicted molar refractivity (Wildman–Crippen MR) is 109 cm³/mol. The molecule has 168 valence electrons. The van der Waals surface area contributed by atoms with E-state index in [1.165, 1.54) is 35.2 Å². The second kappa shape index (κ2) is 7.78. The molecular formula is C23H20ClF3N2O3. The molecule has 3 aliphatic heterocycles. The molecule has 2 aromatic rings. The Kier molecular flexibility index (Phi) is 5.17. The molecule has 0 N–H and O–H groups in total. The van der Waals surface area contributed by atoms with Crippen molar-refractivity contribution in [1.82, 2.24) is 9.80 Å². The van der Waals surface area contributed by atoms with Crippen LogP contribution < -0.4 is 0 Å². The van der Waals surface area contributed by atoms with Crippen LogP contribution in [0.15, 0.2) is 36.4 Å². The summed E-state index contributed by atoms with van der Waals surface area (Å²) in [7, 11) is 0. The third-order valence-corrected chi connectivity index (χ3v) is 6.92. The molecule has 1 spiro atoms. The Morgan fingerprint density at radius 2 is 1.75 bits per heavy atom. The molecule has 0 radical (unpaired) electrons. The van der Waals surface area contributed by atoms with Gasteiger partial charge in [-0.3, -0.25) is 9.59 Å². The molecule has 2 aromatic carbocycles. The lowest BCUT2D eigenvalue weighted by molar-refractivity contribution is -0.142. The summed E-state index contributed by atoms with van der Waals surface area (Å²) < 4.78 is 47.9. The Bertz CT molecular complexity index is 1080. The van der Waals surface area contributed by atoms with Crippen molar-refractivity contribution >= 4 is 23.4 Å². The average molecular weight is 465 g/mol. The summed E-state index contributed by atoms with van der Waals surface area (Å²) in [5.41, 5.74) is -0.789. The van der Waals surface area contributed by atoms with E-state index in [4.69, 9.17) is 16.3 Å².